The molecule has 2 heterocycles. The number of carbonyl (C=O) groups is 1. The minimum absolute atomic E-state index is 0.274. The number of carbonyl (C=O) groups excluding carboxylic acids is 1. The molecule has 2 amide bonds. The fourth-order valence-corrected chi connectivity index (χ4v) is 3.54. The number of nitrogens with zero attached hydrogens (tertiary/aromatic N) is 2. The van der Waals surface area contributed by atoms with Crippen molar-refractivity contribution in [1.82, 2.24) is 15.5 Å². The number of hydrogen-bond acceptors (Lipinski definition) is 5. The molecule has 2 aromatic rings. The Labute approximate surface area is 126 Å². The van der Waals surface area contributed by atoms with Crippen LogP contribution >= 0.6 is 11.3 Å². The molecule has 0 aliphatic heterocycles. The number of aryl methyl sites for hydroxylation is 3. The third-order valence-corrected chi connectivity index (χ3v) is 4.60. The molecule has 0 bridgehead atoms. The third kappa shape index (κ3) is 3.60. The number of thiazole rings is 1. The van der Waals surface area contributed by atoms with Crippen molar-refractivity contribution in [3.63, 3.8) is 0 Å². The second-order valence-corrected chi connectivity index (χ2v) is 6.31. The lowest BCUT2D eigenvalue weighted by molar-refractivity contribution is 0.252. The number of amides is 2. The molecule has 0 radical (unpaired) electrons. The number of rotatable bonds is 4. The van der Waals surface area contributed by atoms with Gasteiger partial charge in [-0.15, -0.1) is 11.3 Å². The molecule has 1 aliphatic carbocycles. The fraction of sp³-hybridized carbons (Fsp3) is 0.500. The number of urea groups is 1. The number of nitrogens with one attached hydrogen (secondary N) is 2. The molecular formula is C14H18N4O2S. The van der Waals surface area contributed by atoms with Crippen molar-refractivity contribution in [1.29, 1.82) is 0 Å². The van der Waals surface area contributed by atoms with Crippen LogP contribution in [0.5, 0.6) is 0 Å². The van der Waals surface area contributed by atoms with Crippen LogP contribution in [0.15, 0.2) is 10.6 Å². The lowest BCUT2D eigenvalue weighted by Gasteiger charge is -2.06. The molecule has 2 N–H and O–H groups in total. The van der Waals surface area contributed by atoms with Crippen molar-refractivity contribution in [2.75, 3.05) is 11.9 Å². The van der Waals surface area contributed by atoms with Crippen molar-refractivity contribution >= 4 is 23.2 Å². The van der Waals surface area contributed by atoms with E-state index in [2.05, 4.69) is 20.8 Å². The lowest BCUT2D eigenvalue weighted by Crippen LogP contribution is -2.30. The van der Waals surface area contributed by atoms with Gasteiger partial charge in [0.15, 0.2) is 5.82 Å². The minimum Gasteiger partial charge on any atom is -0.360 e. The topological polar surface area (TPSA) is 80.0 Å². The van der Waals surface area contributed by atoms with E-state index in [4.69, 9.17) is 4.52 Å². The van der Waals surface area contributed by atoms with Crippen molar-refractivity contribution in [3.05, 3.63) is 27.4 Å². The van der Waals surface area contributed by atoms with E-state index in [-0.39, 0.29) is 6.03 Å². The van der Waals surface area contributed by atoms with Crippen LogP contribution in [0.2, 0.25) is 0 Å². The van der Waals surface area contributed by atoms with E-state index >= 15 is 0 Å². The maximum atomic E-state index is 11.7. The average molecular weight is 306 g/mol. The summed E-state index contributed by atoms with van der Waals surface area (Å²) < 4.78 is 4.88. The molecule has 1 aliphatic rings. The smallest absolute Gasteiger partial charge is 0.320 e. The Morgan fingerprint density at radius 2 is 2.29 bits per heavy atom. The summed E-state index contributed by atoms with van der Waals surface area (Å²) in [5.41, 5.74) is 1.27. The van der Waals surface area contributed by atoms with E-state index in [0.717, 1.165) is 24.3 Å². The van der Waals surface area contributed by atoms with Crippen LogP contribution in [-0.4, -0.2) is 22.7 Å². The molecule has 0 fully saturated rings. The van der Waals surface area contributed by atoms with Crippen LogP contribution in [-0.2, 0) is 19.3 Å². The molecule has 21 heavy (non-hydrogen) atoms. The van der Waals surface area contributed by atoms with Gasteiger partial charge < -0.3 is 9.84 Å². The molecule has 0 unspecified atom stereocenters. The fourth-order valence-electron chi connectivity index (χ4n) is 2.38. The van der Waals surface area contributed by atoms with Crippen molar-refractivity contribution in [2.24, 2.45) is 0 Å². The Bertz CT molecular complexity index is 611. The molecular weight excluding hydrogens is 288 g/mol. The van der Waals surface area contributed by atoms with E-state index in [1.807, 2.05) is 0 Å². The zero-order valence-corrected chi connectivity index (χ0v) is 12.8. The number of fused-ring (bicyclic) bond motifs is 1. The molecule has 7 heteroatoms. The van der Waals surface area contributed by atoms with Gasteiger partial charge in [-0.3, -0.25) is 5.32 Å². The monoisotopic (exact) mass is 306 g/mol. The lowest BCUT2D eigenvalue weighted by atomic mass is 10.0. The summed E-state index contributed by atoms with van der Waals surface area (Å²) in [6.45, 7) is 2.34. The van der Waals surface area contributed by atoms with Gasteiger partial charge in [-0.1, -0.05) is 5.16 Å². The van der Waals surface area contributed by atoms with Crippen LogP contribution < -0.4 is 10.6 Å². The van der Waals surface area contributed by atoms with Gasteiger partial charge in [0.25, 0.3) is 0 Å². The van der Waals surface area contributed by atoms with E-state index in [1.165, 1.54) is 23.4 Å². The summed E-state index contributed by atoms with van der Waals surface area (Å²) in [6.07, 6.45) is 5.54. The summed E-state index contributed by atoms with van der Waals surface area (Å²) in [4.78, 5) is 17.8. The minimum atomic E-state index is -0.274. The van der Waals surface area contributed by atoms with Crippen LogP contribution in [0.3, 0.4) is 0 Å². The first kappa shape index (κ1) is 14.1. The summed E-state index contributed by atoms with van der Waals surface area (Å²) in [6, 6.07) is 1.40. The second-order valence-electron chi connectivity index (χ2n) is 5.14. The van der Waals surface area contributed by atoms with Gasteiger partial charge in [0.05, 0.1) is 10.7 Å². The zero-order chi connectivity index (χ0) is 14.7. The Hall–Kier alpha value is -1.89. The quantitative estimate of drug-likeness (QED) is 0.910. The molecule has 0 saturated carbocycles. The van der Waals surface area contributed by atoms with E-state index < -0.39 is 0 Å². The van der Waals surface area contributed by atoms with Crippen molar-refractivity contribution < 1.29 is 9.32 Å². The van der Waals surface area contributed by atoms with Gasteiger partial charge >= 0.3 is 6.03 Å². The molecule has 0 aromatic carbocycles. The van der Waals surface area contributed by atoms with Gasteiger partial charge in [0.2, 0.25) is 0 Å². The first-order valence-electron chi connectivity index (χ1n) is 7.16. The first-order chi connectivity index (χ1) is 10.2. The normalized spacial score (nSPS) is 13.8. The number of aromatic nitrogens is 2. The van der Waals surface area contributed by atoms with Crippen molar-refractivity contribution in [3.8, 4) is 0 Å². The molecule has 0 saturated heterocycles. The first-order valence-corrected chi connectivity index (χ1v) is 7.98. The van der Waals surface area contributed by atoms with Gasteiger partial charge in [0.1, 0.15) is 5.76 Å². The predicted octanol–water partition coefficient (Wildman–Crippen LogP) is 2.68. The van der Waals surface area contributed by atoms with E-state index in [9.17, 15) is 4.79 Å². The maximum Gasteiger partial charge on any atom is 0.320 e. The summed E-state index contributed by atoms with van der Waals surface area (Å²) >= 11 is 1.78. The summed E-state index contributed by atoms with van der Waals surface area (Å²) in [7, 11) is 0. The molecule has 0 spiro atoms. The zero-order valence-electron chi connectivity index (χ0n) is 11.9. The van der Waals surface area contributed by atoms with Crippen LogP contribution in [0.1, 0.15) is 34.2 Å². The predicted molar refractivity (Wildman–Crippen MR) is 80.7 cm³/mol. The SMILES string of the molecule is Cc1cc(NC(=O)NCCc2nc3c(s2)CCCC3)no1. The highest BCUT2D eigenvalue weighted by Crippen LogP contribution is 2.26. The highest BCUT2D eigenvalue weighted by Gasteiger charge is 2.15. The highest BCUT2D eigenvalue weighted by atomic mass is 32.1. The Balaban J connectivity index is 1.45. The molecule has 2 aromatic heterocycles. The Morgan fingerprint density at radius 1 is 1.43 bits per heavy atom. The Morgan fingerprint density at radius 3 is 3.05 bits per heavy atom. The van der Waals surface area contributed by atoms with E-state index in [0.29, 0.717) is 18.1 Å². The van der Waals surface area contributed by atoms with Gasteiger partial charge in [-0.25, -0.2) is 9.78 Å². The number of anilines is 1. The Kier molecular flexibility index (Phi) is 4.19. The number of hydrogen-bond donors (Lipinski definition) is 2. The molecule has 6 nitrogen and oxygen atoms in total. The van der Waals surface area contributed by atoms with Crippen LogP contribution in [0, 0.1) is 6.92 Å². The van der Waals surface area contributed by atoms with Crippen LogP contribution in [0.25, 0.3) is 0 Å². The standard InChI is InChI=1S/C14H18N4O2S/c1-9-8-12(18-20-9)17-14(19)15-7-6-13-16-10-4-2-3-5-11(10)21-13/h8H,2-7H2,1H3,(H2,15,17,18,19). The van der Waals surface area contributed by atoms with Crippen molar-refractivity contribution in [2.45, 2.75) is 39.0 Å². The summed E-state index contributed by atoms with van der Waals surface area (Å²) in [5.74, 6) is 1.09. The van der Waals surface area contributed by atoms with Gasteiger partial charge in [-0.05, 0) is 32.6 Å². The molecule has 112 valence electrons. The molecule has 0 atom stereocenters. The van der Waals surface area contributed by atoms with Crippen LogP contribution in [0.4, 0.5) is 10.6 Å². The average Bonchev–Trinajstić information content (AvgIpc) is 3.04. The summed E-state index contributed by atoms with van der Waals surface area (Å²) in [5, 5.41) is 10.2. The second kappa shape index (κ2) is 6.26. The van der Waals surface area contributed by atoms with Gasteiger partial charge in [0, 0.05) is 23.9 Å². The van der Waals surface area contributed by atoms with Gasteiger partial charge in [-0.2, -0.15) is 0 Å². The maximum absolute atomic E-state index is 11.7. The molecule has 3 rings (SSSR count). The highest BCUT2D eigenvalue weighted by molar-refractivity contribution is 7.11. The largest absolute Gasteiger partial charge is 0.360 e. The van der Waals surface area contributed by atoms with E-state index in [1.54, 1.807) is 24.3 Å². The third-order valence-electron chi connectivity index (χ3n) is 3.38.